The minimum atomic E-state index is -0.919. The first-order chi connectivity index (χ1) is 9.92. The van der Waals surface area contributed by atoms with Crippen molar-refractivity contribution in [2.75, 3.05) is 13.1 Å². The van der Waals surface area contributed by atoms with Crippen molar-refractivity contribution in [2.45, 2.75) is 27.2 Å². The maximum Gasteiger partial charge on any atom is 0.305 e. The zero-order valence-electron chi connectivity index (χ0n) is 12.5. The van der Waals surface area contributed by atoms with Crippen LogP contribution in [0.2, 0.25) is 0 Å². The second-order valence-electron chi connectivity index (χ2n) is 5.11. The third-order valence-electron chi connectivity index (χ3n) is 3.61. The molecule has 0 radical (unpaired) electrons. The van der Waals surface area contributed by atoms with Crippen LogP contribution in [0.5, 0.6) is 0 Å². The number of benzene rings is 1. The monoisotopic (exact) mass is 289 g/mol. The minimum Gasteiger partial charge on any atom is -0.481 e. The van der Waals surface area contributed by atoms with Gasteiger partial charge in [0.05, 0.1) is 6.42 Å². The standard InChI is InChI=1S/C16H19NO4/c1-4-17(6-5-15(18)19)16(20)14-9-12-7-10(2)11(3)8-13(12)21-14/h7-9H,4-6H2,1-3H3,(H,18,19). The largest absolute Gasteiger partial charge is 0.481 e. The average Bonchev–Trinajstić information content (AvgIpc) is 2.82. The molecule has 0 spiro atoms. The van der Waals surface area contributed by atoms with Gasteiger partial charge in [-0.1, -0.05) is 0 Å². The zero-order valence-corrected chi connectivity index (χ0v) is 12.5. The van der Waals surface area contributed by atoms with Crippen LogP contribution in [-0.2, 0) is 4.79 Å². The lowest BCUT2D eigenvalue weighted by atomic mass is 10.1. The number of carbonyl (C=O) groups excluding carboxylic acids is 1. The van der Waals surface area contributed by atoms with Crippen LogP contribution in [0.25, 0.3) is 11.0 Å². The average molecular weight is 289 g/mol. The van der Waals surface area contributed by atoms with Gasteiger partial charge in [0.1, 0.15) is 5.58 Å². The maximum absolute atomic E-state index is 12.4. The summed E-state index contributed by atoms with van der Waals surface area (Å²) in [6.07, 6.45) is -0.0714. The highest BCUT2D eigenvalue weighted by molar-refractivity contribution is 5.96. The Morgan fingerprint density at radius 1 is 1.19 bits per heavy atom. The topological polar surface area (TPSA) is 70.8 Å². The molecule has 21 heavy (non-hydrogen) atoms. The quantitative estimate of drug-likeness (QED) is 0.918. The number of fused-ring (bicyclic) bond motifs is 1. The van der Waals surface area contributed by atoms with Gasteiger partial charge in [0.15, 0.2) is 5.76 Å². The smallest absolute Gasteiger partial charge is 0.305 e. The van der Waals surface area contributed by atoms with E-state index < -0.39 is 5.97 Å². The fraction of sp³-hybridized carbons (Fsp3) is 0.375. The summed E-state index contributed by atoms with van der Waals surface area (Å²) in [4.78, 5) is 24.5. The number of carboxylic acids is 1. The number of hydrogen-bond acceptors (Lipinski definition) is 3. The number of furan rings is 1. The highest BCUT2D eigenvalue weighted by Gasteiger charge is 2.19. The molecule has 0 unspecified atom stereocenters. The molecule has 2 rings (SSSR count). The van der Waals surface area contributed by atoms with Crippen molar-refractivity contribution in [3.8, 4) is 0 Å². The van der Waals surface area contributed by atoms with Crippen LogP contribution >= 0.6 is 0 Å². The Morgan fingerprint density at radius 3 is 2.48 bits per heavy atom. The van der Waals surface area contributed by atoms with Crippen molar-refractivity contribution in [2.24, 2.45) is 0 Å². The highest BCUT2D eigenvalue weighted by atomic mass is 16.4. The van der Waals surface area contributed by atoms with Gasteiger partial charge >= 0.3 is 5.97 Å². The summed E-state index contributed by atoms with van der Waals surface area (Å²) in [6, 6.07) is 5.61. The Balaban J connectivity index is 2.27. The number of carboxylic acid groups (broad SMARTS) is 1. The molecule has 1 heterocycles. The molecule has 0 aliphatic heterocycles. The number of carbonyl (C=O) groups is 2. The molecule has 112 valence electrons. The molecule has 1 N–H and O–H groups in total. The molecule has 2 aromatic rings. The number of rotatable bonds is 5. The molecule has 0 bridgehead atoms. The Hall–Kier alpha value is -2.30. The molecule has 0 aliphatic rings. The number of hydrogen-bond donors (Lipinski definition) is 1. The van der Waals surface area contributed by atoms with Gasteiger partial charge in [-0.05, 0) is 50.1 Å². The number of nitrogens with zero attached hydrogens (tertiary/aromatic N) is 1. The van der Waals surface area contributed by atoms with Crippen molar-refractivity contribution in [1.82, 2.24) is 4.90 Å². The number of aryl methyl sites for hydroxylation is 2. The minimum absolute atomic E-state index is 0.0714. The van der Waals surface area contributed by atoms with E-state index in [1.807, 2.05) is 32.9 Å². The Morgan fingerprint density at radius 2 is 1.86 bits per heavy atom. The lowest BCUT2D eigenvalue weighted by Gasteiger charge is -2.18. The first kappa shape index (κ1) is 15.1. The van der Waals surface area contributed by atoms with Crippen molar-refractivity contribution in [1.29, 1.82) is 0 Å². The molecule has 0 fully saturated rings. The summed E-state index contributed by atoms with van der Waals surface area (Å²) in [6.45, 7) is 6.44. The van der Waals surface area contributed by atoms with Crippen LogP contribution < -0.4 is 0 Å². The summed E-state index contributed by atoms with van der Waals surface area (Å²) in [5.41, 5.74) is 2.92. The Kier molecular flexibility index (Phi) is 4.31. The van der Waals surface area contributed by atoms with Crippen LogP contribution in [0.15, 0.2) is 22.6 Å². The van der Waals surface area contributed by atoms with E-state index in [-0.39, 0.29) is 24.6 Å². The zero-order chi connectivity index (χ0) is 15.6. The van der Waals surface area contributed by atoms with Crippen LogP contribution in [0.1, 0.15) is 35.0 Å². The number of aliphatic carboxylic acids is 1. The normalized spacial score (nSPS) is 10.8. The Labute approximate surface area is 123 Å². The molecule has 5 nitrogen and oxygen atoms in total. The van der Waals surface area contributed by atoms with Crippen molar-refractivity contribution < 1.29 is 19.1 Å². The van der Waals surface area contributed by atoms with Crippen molar-refractivity contribution in [3.63, 3.8) is 0 Å². The van der Waals surface area contributed by atoms with Gasteiger partial charge in [0.2, 0.25) is 0 Å². The van der Waals surface area contributed by atoms with Crippen LogP contribution in [0.3, 0.4) is 0 Å². The van der Waals surface area contributed by atoms with Gasteiger partial charge in [-0.25, -0.2) is 0 Å². The van der Waals surface area contributed by atoms with E-state index >= 15 is 0 Å². The summed E-state index contributed by atoms with van der Waals surface area (Å²) in [7, 11) is 0. The molecule has 1 aromatic carbocycles. The summed E-state index contributed by atoms with van der Waals surface area (Å²) in [5, 5.41) is 9.61. The van der Waals surface area contributed by atoms with Gasteiger partial charge in [0, 0.05) is 18.5 Å². The molecule has 1 aromatic heterocycles. The second-order valence-corrected chi connectivity index (χ2v) is 5.11. The lowest BCUT2D eigenvalue weighted by molar-refractivity contribution is -0.137. The summed E-state index contributed by atoms with van der Waals surface area (Å²) >= 11 is 0. The molecule has 0 aliphatic carbocycles. The van der Waals surface area contributed by atoms with Gasteiger partial charge < -0.3 is 14.4 Å². The van der Waals surface area contributed by atoms with E-state index in [1.165, 1.54) is 4.90 Å². The number of amides is 1. The SMILES string of the molecule is CCN(CCC(=O)O)C(=O)c1cc2cc(C)c(C)cc2o1. The fourth-order valence-electron chi connectivity index (χ4n) is 2.20. The van der Waals surface area contributed by atoms with Gasteiger partial charge in [-0.3, -0.25) is 9.59 Å². The van der Waals surface area contributed by atoms with Crippen LogP contribution in [-0.4, -0.2) is 35.0 Å². The van der Waals surface area contributed by atoms with Crippen molar-refractivity contribution >= 4 is 22.8 Å². The second kappa shape index (κ2) is 5.99. The first-order valence-electron chi connectivity index (χ1n) is 6.94. The van der Waals surface area contributed by atoms with Gasteiger partial charge in [-0.2, -0.15) is 0 Å². The van der Waals surface area contributed by atoms with Gasteiger partial charge in [-0.15, -0.1) is 0 Å². The highest BCUT2D eigenvalue weighted by Crippen LogP contribution is 2.24. The third kappa shape index (κ3) is 3.24. The van der Waals surface area contributed by atoms with Gasteiger partial charge in [0.25, 0.3) is 5.91 Å². The third-order valence-corrected chi connectivity index (χ3v) is 3.61. The summed E-state index contributed by atoms with van der Waals surface area (Å²) in [5.74, 6) is -0.940. The molecular formula is C16H19NO4. The molecule has 0 atom stereocenters. The molecule has 0 saturated carbocycles. The molecular weight excluding hydrogens is 270 g/mol. The fourth-order valence-corrected chi connectivity index (χ4v) is 2.20. The molecule has 5 heteroatoms. The van der Waals surface area contributed by atoms with E-state index in [1.54, 1.807) is 6.07 Å². The predicted molar refractivity (Wildman–Crippen MR) is 79.5 cm³/mol. The van der Waals surface area contributed by atoms with E-state index in [9.17, 15) is 9.59 Å². The summed E-state index contributed by atoms with van der Waals surface area (Å²) < 4.78 is 5.62. The Bertz CT molecular complexity index is 648. The molecule has 0 saturated heterocycles. The van der Waals surface area contributed by atoms with Crippen LogP contribution in [0, 0.1) is 13.8 Å². The molecule has 1 amide bonds. The first-order valence-corrected chi connectivity index (χ1v) is 6.94. The maximum atomic E-state index is 12.4. The lowest BCUT2D eigenvalue weighted by Crippen LogP contribution is -2.32. The predicted octanol–water partition coefficient (Wildman–Crippen LogP) is 2.99. The van der Waals surface area contributed by atoms with E-state index in [2.05, 4.69) is 0 Å². The van der Waals surface area contributed by atoms with E-state index in [0.717, 1.165) is 16.5 Å². The van der Waals surface area contributed by atoms with Crippen LogP contribution in [0.4, 0.5) is 0 Å². The van der Waals surface area contributed by atoms with E-state index in [0.29, 0.717) is 12.1 Å². The van der Waals surface area contributed by atoms with E-state index in [4.69, 9.17) is 9.52 Å². The van der Waals surface area contributed by atoms with Crippen molar-refractivity contribution in [3.05, 3.63) is 35.1 Å².